The fraction of sp³-hybridized carbons (Fsp3) is 0.360. The monoisotopic (exact) mass is 563 g/mol. The lowest BCUT2D eigenvalue weighted by Crippen LogP contribution is -2.41. The lowest BCUT2D eigenvalue weighted by atomic mass is 9.90. The molecule has 0 saturated heterocycles. The summed E-state index contributed by atoms with van der Waals surface area (Å²) in [6.45, 7) is 0.406. The molecule has 1 amide bonds. The summed E-state index contributed by atoms with van der Waals surface area (Å²) in [7, 11) is -4.15. The summed E-state index contributed by atoms with van der Waals surface area (Å²) in [6.07, 6.45) is 7.86. The number of nitrogens with one attached hydrogen (secondary N) is 1. The molecule has 2 bridgehead atoms. The first-order valence-corrected chi connectivity index (χ1v) is 14.8. The van der Waals surface area contributed by atoms with Gasteiger partial charge in [0.2, 0.25) is 0 Å². The van der Waals surface area contributed by atoms with Gasteiger partial charge in [-0.2, -0.15) is 13.1 Å². The highest BCUT2D eigenvalue weighted by Gasteiger charge is 2.32. The standard InChI is InChI=1S/C25H27ClN4O5S2/c26-19-9-11-21(32)22-23(19)36-25-28-37(34,35)17-8-10-20(31)18(14-17)24(33)29(12-2-1-3-13-30(22)25)16-6-4-15(27)5-7-16/h2,8-12,14-16H,1,3-7,13,27H2,(H2,31,32,33)/p+1/b12-2+,28-25?. The summed E-state index contributed by atoms with van der Waals surface area (Å²) >= 11 is 7.49. The zero-order valence-corrected chi connectivity index (χ0v) is 22.3. The molecule has 9 nitrogen and oxygen atoms in total. The smallest absolute Gasteiger partial charge is 0.350 e. The predicted octanol–water partition coefficient (Wildman–Crippen LogP) is 4.07. The Morgan fingerprint density at radius 2 is 1.84 bits per heavy atom. The maximum Gasteiger partial charge on any atom is 0.350 e. The van der Waals surface area contributed by atoms with Crippen LogP contribution in [0.3, 0.4) is 0 Å². The second-order valence-corrected chi connectivity index (χ2v) is 12.5. The van der Waals surface area contributed by atoms with Gasteiger partial charge in [-0.1, -0.05) is 17.7 Å². The van der Waals surface area contributed by atoms with Crippen LogP contribution in [0.5, 0.6) is 11.5 Å². The number of allylic oxidation sites excluding steroid dienone is 1. The molecule has 2 aromatic carbocycles. The van der Waals surface area contributed by atoms with Crippen LogP contribution in [0.4, 0.5) is 5.13 Å². The van der Waals surface area contributed by atoms with Crippen molar-refractivity contribution >= 4 is 54.2 Å². The summed E-state index contributed by atoms with van der Waals surface area (Å²) in [6, 6.07) is 6.71. The molecule has 5 rings (SSSR count). The third-order valence-corrected chi connectivity index (χ3v) is 9.92. The largest absolute Gasteiger partial charge is 0.507 e. The number of carbonyl (C=O) groups excluding carboxylic acids is 1. The van der Waals surface area contributed by atoms with E-state index in [1.807, 2.05) is 6.08 Å². The lowest BCUT2D eigenvalue weighted by molar-refractivity contribution is -0.653. The van der Waals surface area contributed by atoms with Crippen LogP contribution < -0.4 is 15.0 Å². The van der Waals surface area contributed by atoms with Crippen LogP contribution in [0.15, 0.2) is 47.5 Å². The van der Waals surface area contributed by atoms with Gasteiger partial charge in [-0.3, -0.25) is 4.79 Å². The van der Waals surface area contributed by atoms with Gasteiger partial charge in [0.25, 0.3) is 5.91 Å². The first-order valence-electron chi connectivity index (χ1n) is 12.1. The molecule has 2 heterocycles. The predicted molar refractivity (Wildman–Crippen MR) is 142 cm³/mol. The number of fused-ring (bicyclic) bond motifs is 5. The van der Waals surface area contributed by atoms with Crippen molar-refractivity contribution in [2.75, 3.05) is 4.72 Å². The molecule has 0 unspecified atom stereocenters. The van der Waals surface area contributed by atoms with Crippen molar-refractivity contribution in [3.05, 3.63) is 53.2 Å². The first kappa shape index (κ1) is 25.8. The van der Waals surface area contributed by atoms with Crippen LogP contribution >= 0.6 is 22.9 Å². The number of carbonyl (C=O) groups is 1. The molecular weight excluding hydrogens is 536 g/mol. The SMILES string of the molecule is NC1CCC(N2/C=C/CCC[n+]3c(sc4c(Cl)ccc(O)c43)NS(=O)(=O)c3ccc(O)c(c3)C2=O)CC1. The van der Waals surface area contributed by atoms with E-state index >= 15 is 0 Å². The Hall–Kier alpha value is -2.86. The number of anilines is 1. The Morgan fingerprint density at radius 3 is 2.59 bits per heavy atom. The van der Waals surface area contributed by atoms with E-state index in [0.29, 0.717) is 34.6 Å². The number of aromatic nitrogens is 1. The highest BCUT2D eigenvalue weighted by atomic mass is 35.5. The number of amides is 1. The molecule has 0 atom stereocenters. The van der Waals surface area contributed by atoms with Crippen LogP contribution in [-0.2, 0) is 16.6 Å². The maximum atomic E-state index is 13.6. The van der Waals surface area contributed by atoms with Crippen LogP contribution in [0.25, 0.3) is 10.2 Å². The minimum absolute atomic E-state index is 0.00282. The van der Waals surface area contributed by atoms with Gasteiger partial charge in [-0.25, -0.2) is 4.57 Å². The van der Waals surface area contributed by atoms with Gasteiger partial charge in [-0.15, -0.1) is 0 Å². The highest BCUT2D eigenvalue weighted by Crippen LogP contribution is 2.37. The summed E-state index contributed by atoms with van der Waals surface area (Å²) in [5, 5.41) is 21.8. The molecule has 12 heteroatoms. The number of halogens is 1. The minimum atomic E-state index is -4.15. The van der Waals surface area contributed by atoms with E-state index in [-0.39, 0.29) is 39.2 Å². The number of nitrogens with zero attached hydrogens (tertiary/aromatic N) is 2. The van der Waals surface area contributed by atoms with Crippen molar-refractivity contribution in [1.82, 2.24) is 4.90 Å². The van der Waals surface area contributed by atoms with E-state index in [2.05, 4.69) is 4.72 Å². The Kier molecular flexibility index (Phi) is 7.06. The van der Waals surface area contributed by atoms with Crippen LogP contribution in [0.1, 0.15) is 48.9 Å². The number of nitrogens with two attached hydrogens (primary N) is 1. The summed E-state index contributed by atoms with van der Waals surface area (Å²) < 4.78 is 31.7. The fourth-order valence-electron chi connectivity index (χ4n) is 4.89. The number of aromatic hydroxyl groups is 2. The Balaban J connectivity index is 1.62. The quantitative estimate of drug-likeness (QED) is 0.329. The number of thiazole rings is 1. The van der Waals surface area contributed by atoms with Gasteiger partial charge in [0, 0.05) is 18.3 Å². The number of aryl methyl sites for hydroxylation is 1. The molecule has 1 aromatic heterocycles. The number of benzene rings is 2. The second kappa shape index (κ2) is 10.1. The molecule has 196 valence electrons. The van der Waals surface area contributed by atoms with Gasteiger partial charge < -0.3 is 20.8 Å². The molecule has 2 aliphatic rings. The number of sulfonamides is 1. The second-order valence-electron chi connectivity index (χ2n) is 9.40. The molecule has 1 saturated carbocycles. The van der Waals surface area contributed by atoms with Crippen molar-refractivity contribution in [3.8, 4) is 11.5 Å². The summed E-state index contributed by atoms with van der Waals surface area (Å²) in [5.41, 5.74) is 6.42. The summed E-state index contributed by atoms with van der Waals surface area (Å²) in [5.74, 6) is -0.760. The Bertz CT molecular complexity index is 1500. The Morgan fingerprint density at radius 1 is 1.11 bits per heavy atom. The Labute approximate surface area is 223 Å². The topological polar surface area (TPSA) is 137 Å². The fourth-order valence-corrected chi connectivity index (χ4v) is 7.60. The highest BCUT2D eigenvalue weighted by molar-refractivity contribution is 7.93. The average molecular weight is 564 g/mol. The van der Waals surface area contributed by atoms with Crippen molar-refractivity contribution < 1.29 is 28.0 Å². The molecular formula is C25H28ClN4O5S2+. The number of phenols is 2. The number of hydrogen-bond donors (Lipinski definition) is 4. The van der Waals surface area contributed by atoms with E-state index in [0.717, 1.165) is 37.0 Å². The van der Waals surface area contributed by atoms with E-state index in [4.69, 9.17) is 17.3 Å². The molecule has 1 aliphatic heterocycles. The van der Waals surface area contributed by atoms with Crippen molar-refractivity contribution in [2.45, 2.75) is 62.0 Å². The van der Waals surface area contributed by atoms with Crippen molar-refractivity contribution in [2.24, 2.45) is 5.73 Å². The zero-order valence-electron chi connectivity index (χ0n) is 19.9. The number of hydrogen-bond acceptors (Lipinski definition) is 7. The zero-order chi connectivity index (χ0) is 26.3. The molecule has 5 N–H and O–H groups in total. The van der Waals surface area contributed by atoms with Gasteiger partial charge in [0.15, 0.2) is 11.3 Å². The van der Waals surface area contributed by atoms with E-state index in [1.165, 1.54) is 24.3 Å². The van der Waals surface area contributed by atoms with Crippen LogP contribution in [-0.4, -0.2) is 41.5 Å². The molecule has 3 aromatic rings. The molecule has 0 radical (unpaired) electrons. The lowest BCUT2D eigenvalue weighted by Gasteiger charge is -2.34. The average Bonchev–Trinajstić information content (AvgIpc) is 3.22. The minimum Gasteiger partial charge on any atom is -0.507 e. The number of rotatable bonds is 1. The molecule has 1 aliphatic carbocycles. The van der Waals surface area contributed by atoms with Crippen LogP contribution in [0.2, 0.25) is 5.02 Å². The molecule has 0 spiro atoms. The van der Waals surface area contributed by atoms with E-state index in [1.54, 1.807) is 21.7 Å². The summed E-state index contributed by atoms with van der Waals surface area (Å²) in [4.78, 5) is 15.0. The maximum absolute atomic E-state index is 13.6. The normalized spacial score (nSPS) is 23.2. The van der Waals surface area contributed by atoms with Crippen LogP contribution in [0, 0.1) is 0 Å². The van der Waals surface area contributed by atoms with Gasteiger partial charge in [0.1, 0.15) is 15.3 Å². The number of phenolic OH excluding ortho intramolecular Hbond substituents is 2. The van der Waals surface area contributed by atoms with Crippen molar-refractivity contribution in [3.63, 3.8) is 0 Å². The molecule has 1 fully saturated rings. The van der Waals surface area contributed by atoms with E-state index in [9.17, 15) is 23.4 Å². The van der Waals surface area contributed by atoms with Gasteiger partial charge in [0.05, 0.1) is 17.1 Å². The molecule has 37 heavy (non-hydrogen) atoms. The van der Waals surface area contributed by atoms with Crippen molar-refractivity contribution in [1.29, 1.82) is 0 Å². The van der Waals surface area contributed by atoms with Gasteiger partial charge in [-0.05, 0) is 80.2 Å². The third-order valence-electron chi connectivity index (χ3n) is 6.89. The van der Waals surface area contributed by atoms with Gasteiger partial charge >= 0.3 is 15.2 Å². The first-order chi connectivity index (χ1) is 17.7. The third kappa shape index (κ3) is 5.00. The van der Waals surface area contributed by atoms with E-state index < -0.39 is 15.9 Å².